The van der Waals surface area contributed by atoms with Crippen molar-refractivity contribution in [2.75, 3.05) is 6.61 Å². The minimum Gasteiger partial charge on any atom is -0.462 e. The van der Waals surface area contributed by atoms with Crippen LogP contribution >= 0.6 is 0 Å². The molecule has 0 aliphatic heterocycles. The highest BCUT2D eigenvalue weighted by Gasteiger charge is 2.65. The van der Waals surface area contributed by atoms with E-state index in [0.717, 1.165) is 12.1 Å². The van der Waals surface area contributed by atoms with Crippen LogP contribution in [0, 0.1) is 0 Å². The van der Waals surface area contributed by atoms with Crippen LogP contribution in [0.2, 0.25) is 0 Å². The molecule has 1 N–H and O–H groups in total. The second-order valence-electron chi connectivity index (χ2n) is 6.21. The number of alkyl halides is 6. The zero-order valence-corrected chi connectivity index (χ0v) is 16.0. The topological polar surface area (TPSA) is 64.6 Å². The zero-order valence-electron chi connectivity index (χ0n) is 16.0. The predicted octanol–water partition coefficient (Wildman–Crippen LogP) is 4.47. The van der Waals surface area contributed by atoms with Gasteiger partial charge in [0.25, 0.3) is 5.91 Å². The molecule has 0 aromatic heterocycles. The number of hydrogen-bond donors (Lipinski definition) is 1. The van der Waals surface area contributed by atoms with Crippen molar-refractivity contribution in [3.05, 3.63) is 71.3 Å². The summed E-state index contributed by atoms with van der Waals surface area (Å²) in [6.07, 6.45) is -10.3. The summed E-state index contributed by atoms with van der Waals surface area (Å²) in [7, 11) is 0. The number of rotatable bonds is 7. The molecule has 0 aliphatic rings. The molecule has 2 aromatic rings. The van der Waals surface area contributed by atoms with Gasteiger partial charge in [-0.05, 0) is 30.7 Å². The van der Waals surface area contributed by atoms with Crippen LogP contribution in [0.1, 0.15) is 28.4 Å². The third-order valence-corrected chi connectivity index (χ3v) is 4.00. The largest absolute Gasteiger partial charge is 0.462 e. The van der Waals surface area contributed by atoms with Gasteiger partial charge in [0.15, 0.2) is 0 Å². The number of halogens is 6. The second kappa shape index (κ2) is 9.38. The molecular formula is C20H17F6NO4. The fourth-order valence-electron chi connectivity index (χ4n) is 2.48. The molecule has 0 bridgehead atoms. The van der Waals surface area contributed by atoms with Gasteiger partial charge in [-0.15, -0.1) is 0 Å². The molecule has 1 amide bonds. The minimum atomic E-state index is -5.49. The SMILES string of the molecule is CCOC(=O)[C@@](NC(=O)c1cccc(C(F)(F)F)c1)(OCc1ccccc1)C(F)(F)F. The second-order valence-corrected chi connectivity index (χ2v) is 6.21. The average Bonchev–Trinajstić information content (AvgIpc) is 2.70. The fraction of sp³-hybridized carbons (Fsp3) is 0.300. The first-order valence-electron chi connectivity index (χ1n) is 8.82. The monoisotopic (exact) mass is 449 g/mol. The van der Waals surface area contributed by atoms with E-state index in [-0.39, 0.29) is 5.56 Å². The van der Waals surface area contributed by atoms with Gasteiger partial charge in [-0.2, -0.15) is 26.3 Å². The van der Waals surface area contributed by atoms with Gasteiger partial charge in [-0.25, -0.2) is 4.79 Å². The summed E-state index contributed by atoms with van der Waals surface area (Å²) in [6, 6.07) is 10.2. The first kappa shape index (κ1) is 24.2. The lowest BCUT2D eigenvalue weighted by Gasteiger charge is -2.33. The summed E-state index contributed by atoms with van der Waals surface area (Å²) in [4.78, 5) is 24.7. The molecule has 1 atom stereocenters. The number of benzene rings is 2. The number of nitrogens with one attached hydrogen (secondary N) is 1. The van der Waals surface area contributed by atoms with Crippen LogP contribution in [0.3, 0.4) is 0 Å². The summed E-state index contributed by atoms with van der Waals surface area (Å²) in [5, 5.41) is 1.39. The van der Waals surface area contributed by atoms with Gasteiger partial charge in [0.05, 0.1) is 18.8 Å². The molecule has 0 fully saturated rings. The Balaban J connectivity index is 2.43. The Labute approximate surface area is 173 Å². The van der Waals surface area contributed by atoms with Crippen LogP contribution in [-0.4, -0.2) is 30.4 Å². The molecule has 11 heteroatoms. The maximum Gasteiger partial charge on any atom is 0.448 e. The number of esters is 1. The Bertz CT molecular complexity index is 914. The number of ether oxygens (including phenoxy) is 2. The molecule has 0 saturated carbocycles. The Morgan fingerprint density at radius 1 is 0.935 bits per heavy atom. The molecule has 5 nitrogen and oxygen atoms in total. The lowest BCUT2D eigenvalue weighted by Crippen LogP contribution is -2.66. The maximum atomic E-state index is 14.0. The molecule has 0 radical (unpaired) electrons. The van der Waals surface area contributed by atoms with Crippen molar-refractivity contribution in [1.82, 2.24) is 5.32 Å². The normalized spacial score (nSPS) is 13.9. The van der Waals surface area contributed by atoms with E-state index in [1.165, 1.54) is 36.5 Å². The molecule has 168 valence electrons. The highest BCUT2D eigenvalue weighted by atomic mass is 19.4. The Hall–Kier alpha value is -3.08. The first-order valence-corrected chi connectivity index (χ1v) is 8.82. The van der Waals surface area contributed by atoms with Crippen molar-refractivity contribution in [2.45, 2.75) is 31.6 Å². The quantitative estimate of drug-likeness (QED) is 0.385. The molecule has 0 saturated heterocycles. The summed E-state index contributed by atoms with van der Waals surface area (Å²) in [6.45, 7) is 0.0255. The Kier molecular flexibility index (Phi) is 7.32. The lowest BCUT2D eigenvalue weighted by molar-refractivity contribution is -0.287. The van der Waals surface area contributed by atoms with Crippen molar-refractivity contribution in [2.24, 2.45) is 0 Å². The van der Waals surface area contributed by atoms with Crippen molar-refractivity contribution >= 4 is 11.9 Å². The number of carbonyl (C=O) groups excluding carboxylic acids is 2. The average molecular weight is 449 g/mol. The van der Waals surface area contributed by atoms with Crippen LogP contribution in [-0.2, 0) is 27.1 Å². The minimum absolute atomic E-state index is 0.244. The van der Waals surface area contributed by atoms with E-state index < -0.39 is 54.3 Å². The van der Waals surface area contributed by atoms with E-state index >= 15 is 0 Å². The molecule has 0 aliphatic carbocycles. The third kappa shape index (κ3) is 5.75. The summed E-state index contributed by atoms with van der Waals surface area (Å²) < 4.78 is 89.9. The number of amides is 1. The van der Waals surface area contributed by atoms with Gasteiger partial charge < -0.3 is 14.8 Å². The third-order valence-electron chi connectivity index (χ3n) is 4.00. The Morgan fingerprint density at radius 2 is 1.58 bits per heavy atom. The molecule has 31 heavy (non-hydrogen) atoms. The van der Waals surface area contributed by atoms with Crippen molar-refractivity contribution < 1.29 is 45.4 Å². The van der Waals surface area contributed by atoms with Gasteiger partial charge in [0.1, 0.15) is 0 Å². The molecule has 0 unspecified atom stereocenters. The van der Waals surface area contributed by atoms with E-state index in [4.69, 9.17) is 4.74 Å². The molecule has 0 heterocycles. The van der Waals surface area contributed by atoms with Gasteiger partial charge in [0, 0.05) is 5.56 Å². The van der Waals surface area contributed by atoms with Crippen molar-refractivity contribution in [1.29, 1.82) is 0 Å². The van der Waals surface area contributed by atoms with E-state index in [1.807, 2.05) is 0 Å². The van der Waals surface area contributed by atoms with Gasteiger partial charge >= 0.3 is 24.0 Å². The fourth-order valence-corrected chi connectivity index (χ4v) is 2.48. The van der Waals surface area contributed by atoms with E-state index in [2.05, 4.69) is 4.74 Å². The highest BCUT2D eigenvalue weighted by molar-refractivity contribution is 5.98. The lowest BCUT2D eigenvalue weighted by atomic mass is 10.1. The van der Waals surface area contributed by atoms with Crippen molar-refractivity contribution in [3.63, 3.8) is 0 Å². The Morgan fingerprint density at radius 3 is 2.13 bits per heavy atom. The van der Waals surface area contributed by atoms with Crippen LogP contribution in [0.15, 0.2) is 54.6 Å². The van der Waals surface area contributed by atoms with Gasteiger partial charge in [-0.3, -0.25) is 4.79 Å². The van der Waals surface area contributed by atoms with Gasteiger partial charge in [0.2, 0.25) is 0 Å². The first-order chi connectivity index (χ1) is 14.4. The highest BCUT2D eigenvalue weighted by Crippen LogP contribution is 2.35. The summed E-state index contributed by atoms with van der Waals surface area (Å²) in [5.74, 6) is -3.57. The smallest absolute Gasteiger partial charge is 0.448 e. The van der Waals surface area contributed by atoms with Gasteiger partial charge in [-0.1, -0.05) is 36.4 Å². The summed E-state index contributed by atoms with van der Waals surface area (Å²) >= 11 is 0. The van der Waals surface area contributed by atoms with Crippen LogP contribution in [0.25, 0.3) is 0 Å². The molecular weight excluding hydrogens is 432 g/mol. The predicted molar refractivity (Wildman–Crippen MR) is 95.6 cm³/mol. The maximum absolute atomic E-state index is 14.0. The number of carbonyl (C=O) groups is 2. The summed E-state index contributed by atoms with van der Waals surface area (Å²) in [5.41, 5.74) is -5.70. The number of hydrogen-bond acceptors (Lipinski definition) is 4. The van der Waals surface area contributed by atoms with E-state index in [9.17, 15) is 35.9 Å². The van der Waals surface area contributed by atoms with Crippen molar-refractivity contribution in [3.8, 4) is 0 Å². The molecule has 2 rings (SSSR count). The van der Waals surface area contributed by atoms with Crippen LogP contribution in [0.5, 0.6) is 0 Å². The van der Waals surface area contributed by atoms with E-state index in [1.54, 1.807) is 6.07 Å². The molecule has 2 aromatic carbocycles. The van der Waals surface area contributed by atoms with Crippen LogP contribution in [0.4, 0.5) is 26.3 Å². The zero-order chi connectivity index (χ0) is 23.3. The standard InChI is InChI=1S/C20H17F6NO4/c1-2-30-17(29)18(20(24,25)26,31-12-13-7-4-3-5-8-13)27-16(28)14-9-6-10-15(11-14)19(21,22)23/h3-11H,2,12H2,1H3,(H,27,28)/t18-/m1/s1. The van der Waals surface area contributed by atoms with E-state index in [0.29, 0.717) is 12.1 Å². The van der Waals surface area contributed by atoms with Crippen LogP contribution < -0.4 is 5.32 Å². The molecule has 0 spiro atoms.